The summed E-state index contributed by atoms with van der Waals surface area (Å²) in [4.78, 5) is 23.6. The highest BCUT2D eigenvalue weighted by Gasteiger charge is 2.24. The normalized spacial score (nSPS) is 11.2. The number of rotatable bonds is 5. The number of ether oxygens (including phenoxy) is 2. The molecule has 4 nitrogen and oxygen atoms in total. The molecule has 0 N–H and O–H groups in total. The maximum Gasteiger partial charge on any atom is 0.345 e. The summed E-state index contributed by atoms with van der Waals surface area (Å²) in [6.45, 7) is 1.85. The third-order valence-electron chi connectivity index (χ3n) is 2.27. The Kier molecular flexibility index (Phi) is 5.64. The SMILES string of the molecule is CCO/C=C(\C(=O)OC)C(=O)c1cc(F)c(F)cc1Cl. The van der Waals surface area contributed by atoms with E-state index in [9.17, 15) is 18.4 Å². The Morgan fingerprint density at radius 3 is 2.45 bits per heavy atom. The molecule has 20 heavy (non-hydrogen) atoms. The second-order valence-electron chi connectivity index (χ2n) is 3.55. The van der Waals surface area contributed by atoms with Crippen molar-refractivity contribution in [3.05, 3.63) is 46.2 Å². The van der Waals surface area contributed by atoms with Crippen LogP contribution >= 0.6 is 11.6 Å². The molecule has 0 saturated heterocycles. The third kappa shape index (κ3) is 3.54. The summed E-state index contributed by atoms with van der Waals surface area (Å²) in [5.74, 6) is -4.34. The molecule has 0 amide bonds. The first-order valence-corrected chi connectivity index (χ1v) is 5.89. The van der Waals surface area contributed by atoms with Gasteiger partial charge in [0.1, 0.15) is 11.8 Å². The first-order valence-electron chi connectivity index (χ1n) is 5.51. The van der Waals surface area contributed by atoms with E-state index < -0.39 is 29.0 Å². The molecule has 0 radical (unpaired) electrons. The maximum absolute atomic E-state index is 13.2. The Bertz CT molecular complexity index is 570. The van der Waals surface area contributed by atoms with Crippen LogP contribution in [0.15, 0.2) is 24.0 Å². The summed E-state index contributed by atoms with van der Waals surface area (Å²) < 4.78 is 35.4. The Hall–Kier alpha value is -1.95. The number of ketones is 1. The van der Waals surface area contributed by atoms with Gasteiger partial charge in [-0.15, -0.1) is 0 Å². The molecule has 0 aliphatic carbocycles. The summed E-state index contributed by atoms with van der Waals surface area (Å²) >= 11 is 5.67. The van der Waals surface area contributed by atoms with Gasteiger partial charge in [0.2, 0.25) is 5.78 Å². The van der Waals surface area contributed by atoms with Gasteiger partial charge in [-0.2, -0.15) is 0 Å². The fourth-order valence-electron chi connectivity index (χ4n) is 1.31. The highest BCUT2D eigenvalue weighted by molar-refractivity contribution is 6.36. The molecule has 1 aromatic rings. The Balaban J connectivity index is 3.26. The Morgan fingerprint density at radius 1 is 1.30 bits per heavy atom. The van der Waals surface area contributed by atoms with Crippen LogP contribution in [0.25, 0.3) is 0 Å². The minimum absolute atomic E-state index is 0.208. The van der Waals surface area contributed by atoms with Crippen molar-refractivity contribution >= 4 is 23.4 Å². The zero-order chi connectivity index (χ0) is 15.3. The summed E-state index contributed by atoms with van der Waals surface area (Å²) in [6, 6.07) is 1.27. The second-order valence-corrected chi connectivity index (χ2v) is 3.96. The maximum atomic E-state index is 13.2. The van der Waals surface area contributed by atoms with Crippen LogP contribution in [0, 0.1) is 11.6 Å². The molecule has 7 heteroatoms. The number of carbonyl (C=O) groups excluding carboxylic acids is 2. The zero-order valence-corrected chi connectivity index (χ0v) is 11.5. The summed E-state index contributed by atoms with van der Waals surface area (Å²) in [7, 11) is 1.07. The monoisotopic (exact) mass is 304 g/mol. The molecule has 108 valence electrons. The van der Waals surface area contributed by atoms with E-state index in [1.54, 1.807) is 6.92 Å². The van der Waals surface area contributed by atoms with Crippen molar-refractivity contribution in [1.29, 1.82) is 0 Å². The third-order valence-corrected chi connectivity index (χ3v) is 2.59. The lowest BCUT2D eigenvalue weighted by Gasteiger charge is -2.07. The van der Waals surface area contributed by atoms with Crippen LogP contribution in [-0.4, -0.2) is 25.5 Å². The average Bonchev–Trinajstić information content (AvgIpc) is 2.42. The number of carbonyl (C=O) groups is 2. The van der Waals surface area contributed by atoms with Crippen molar-refractivity contribution in [3.8, 4) is 0 Å². The second kappa shape index (κ2) is 7.00. The number of hydrogen-bond donors (Lipinski definition) is 0. The first kappa shape index (κ1) is 16.1. The molecule has 0 saturated carbocycles. The predicted octanol–water partition coefficient (Wildman–Crippen LogP) is 2.89. The van der Waals surface area contributed by atoms with E-state index in [0.717, 1.165) is 13.4 Å². The summed E-state index contributed by atoms with van der Waals surface area (Å²) in [5, 5.41) is -0.319. The van der Waals surface area contributed by atoms with Gasteiger partial charge in [0.15, 0.2) is 11.6 Å². The van der Waals surface area contributed by atoms with Crippen molar-refractivity contribution in [1.82, 2.24) is 0 Å². The van der Waals surface area contributed by atoms with Crippen molar-refractivity contribution in [2.45, 2.75) is 6.92 Å². The fraction of sp³-hybridized carbons (Fsp3) is 0.231. The van der Waals surface area contributed by atoms with E-state index in [1.165, 1.54) is 0 Å². The van der Waals surface area contributed by atoms with Crippen molar-refractivity contribution in [2.24, 2.45) is 0 Å². The molecule has 0 spiro atoms. The number of halogens is 3. The van der Waals surface area contributed by atoms with Crippen LogP contribution in [0.1, 0.15) is 17.3 Å². The molecular formula is C13H11ClF2O4. The van der Waals surface area contributed by atoms with E-state index in [2.05, 4.69) is 4.74 Å². The van der Waals surface area contributed by atoms with Crippen molar-refractivity contribution < 1.29 is 27.8 Å². The van der Waals surface area contributed by atoms with E-state index in [4.69, 9.17) is 16.3 Å². The summed E-state index contributed by atoms with van der Waals surface area (Å²) in [5.41, 5.74) is -0.829. The average molecular weight is 305 g/mol. The lowest BCUT2D eigenvalue weighted by molar-refractivity contribution is -0.135. The van der Waals surface area contributed by atoms with Gasteiger partial charge >= 0.3 is 5.97 Å². The van der Waals surface area contributed by atoms with Gasteiger partial charge in [-0.25, -0.2) is 13.6 Å². The highest BCUT2D eigenvalue weighted by Crippen LogP contribution is 2.23. The molecule has 0 heterocycles. The first-order chi connectivity index (χ1) is 9.42. The molecule has 0 aliphatic heterocycles. The van der Waals surface area contributed by atoms with Crippen LogP contribution in [0.2, 0.25) is 5.02 Å². The van der Waals surface area contributed by atoms with Crippen LogP contribution in [0.3, 0.4) is 0 Å². The summed E-state index contributed by atoms with van der Waals surface area (Å²) in [6.07, 6.45) is 0.895. The smallest absolute Gasteiger partial charge is 0.345 e. The molecule has 1 rings (SSSR count). The molecule has 0 bridgehead atoms. The van der Waals surface area contributed by atoms with E-state index in [0.29, 0.717) is 12.1 Å². The van der Waals surface area contributed by atoms with Gasteiger partial charge in [-0.1, -0.05) is 11.6 Å². The lowest BCUT2D eigenvalue weighted by atomic mass is 10.0. The molecule has 0 atom stereocenters. The zero-order valence-electron chi connectivity index (χ0n) is 10.7. The number of hydrogen-bond acceptors (Lipinski definition) is 4. The Labute approximate surface area is 118 Å². The number of benzene rings is 1. The largest absolute Gasteiger partial charge is 0.500 e. The standard InChI is InChI=1S/C13H11ClF2O4/c1-3-20-6-8(13(18)19-2)12(17)7-4-10(15)11(16)5-9(7)14/h4-6H,3H2,1-2H3/b8-6-. The van der Waals surface area contributed by atoms with E-state index in [1.807, 2.05) is 0 Å². The quantitative estimate of drug-likeness (QED) is 0.160. The van der Waals surface area contributed by atoms with Crippen LogP contribution in [0.5, 0.6) is 0 Å². The highest BCUT2D eigenvalue weighted by atomic mass is 35.5. The topological polar surface area (TPSA) is 52.6 Å². The Morgan fingerprint density at radius 2 is 1.90 bits per heavy atom. The van der Waals surface area contributed by atoms with Gasteiger partial charge in [0.05, 0.1) is 18.7 Å². The lowest BCUT2D eigenvalue weighted by Crippen LogP contribution is -2.16. The number of methoxy groups -OCH3 is 1. The minimum atomic E-state index is -1.25. The molecule has 0 fully saturated rings. The molecular weight excluding hydrogens is 294 g/mol. The van der Waals surface area contributed by atoms with Crippen LogP contribution < -0.4 is 0 Å². The van der Waals surface area contributed by atoms with Crippen molar-refractivity contribution in [3.63, 3.8) is 0 Å². The van der Waals surface area contributed by atoms with Gasteiger partial charge in [0, 0.05) is 5.56 Å². The molecule has 1 aromatic carbocycles. The van der Waals surface area contributed by atoms with Gasteiger partial charge in [-0.3, -0.25) is 4.79 Å². The molecule has 0 unspecified atom stereocenters. The van der Waals surface area contributed by atoms with Crippen LogP contribution in [0.4, 0.5) is 8.78 Å². The number of esters is 1. The van der Waals surface area contributed by atoms with Gasteiger partial charge < -0.3 is 9.47 Å². The molecule has 0 aromatic heterocycles. The van der Waals surface area contributed by atoms with Crippen molar-refractivity contribution in [2.75, 3.05) is 13.7 Å². The van der Waals surface area contributed by atoms with Gasteiger partial charge in [-0.05, 0) is 19.1 Å². The fourth-order valence-corrected chi connectivity index (χ4v) is 1.55. The van der Waals surface area contributed by atoms with E-state index >= 15 is 0 Å². The van der Waals surface area contributed by atoms with E-state index in [-0.39, 0.29) is 17.2 Å². The minimum Gasteiger partial charge on any atom is -0.500 e. The molecule has 0 aliphatic rings. The number of Topliss-reactive ketones (excluding diaryl/α,β-unsaturated/α-hetero) is 1. The predicted molar refractivity (Wildman–Crippen MR) is 67.4 cm³/mol. The van der Waals surface area contributed by atoms with Gasteiger partial charge in [0.25, 0.3) is 0 Å². The van der Waals surface area contributed by atoms with Crippen LogP contribution in [-0.2, 0) is 14.3 Å².